The molecule has 0 aliphatic carbocycles. The van der Waals surface area contributed by atoms with E-state index in [4.69, 9.17) is 5.11 Å². The van der Waals surface area contributed by atoms with Crippen LogP contribution in [0.25, 0.3) is 6.08 Å². The van der Waals surface area contributed by atoms with Crippen LogP contribution in [0.2, 0.25) is 0 Å². The summed E-state index contributed by atoms with van der Waals surface area (Å²) in [4.78, 5) is 10.4. The molecule has 1 aromatic rings. The van der Waals surface area contributed by atoms with Crippen LogP contribution >= 0.6 is 0 Å². The molecule has 21 heavy (non-hydrogen) atoms. The van der Waals surface area contributed by atoms with E-state index in [2.05, 4.69) is 0 Å². The van der Waals surface area contributed by atoms with Crippen LogP contribution in [0.5, 0.6) is 0 Å². The summed E-state index contributed by atoms with van der Waals surface area (Å²) in [5.74, 6) is -1.50. The smallest absolute Gasteiger partial charge is 0.417 e. The number of carboxylic acids is 1. The molecular weight excluding hydrogens is 302 g/mol. The number of alkyl halides is 6. The number of carbonyl (C=O) groups is 1. The third-order valence-corrected chi connectivity index (χ3v) is 2.67. The van der Waals surface area contributed by atoms with Gasteiger partial charge in [0, 0.05) is 6.08 Å². The Morgan fingerprint density at radius 1 is 1.10 bits per heavy atom. The second-order valence-corrected chi connectivity index (χ2v) is 4.12. The molecule has 2 nitrogen and oxygen atoms in total. The van der Waals surface area contributed by atoms with Crippen LogP contribution in [0.3, 0.4) is 0 Å². The second-order valence-electron chi connectivity index (χ2n) is 4.12. The average Bonchev–Trinajstić information content (AvgIpc) is 2.32. The van der Waals surface area contributed by atoms with Crippen LogP contribution in [0.1, 0.15) is 29.2 Å². The highest BCUT2D eigenvalue weighted by Gasteiger charge is 2.39. The summed E-state index contributed by atoms with van der Waals surface area (Å²) < 4.78 is 76.8. The molecule has 0 saturated heterocycles. The quantitative estimate of drug-likeness (QED) is 0.664. The minimum Gasteiger partial charge on any atom is -0.478 e. The maximum absolute atomic E-state index is 12.8. The Kier molecular flexibility index (Phi) is 4.70. The summed E-state index contributed by atoms with van der Waals surface area (Å²) in [5, 5.41) is 8.43. The lowest BCUT2D eigenvalue weighted by atomic mass is 9.95. The number of aryl methyl sites for hydroxylation is 1. The fraction of sp³-hybridized carbons (Fsp3) is 0.308. The highest BCUT2D eigenvalue weighted by atomic mass is 19.4. The molecule has 1 N–H and O–H groups in total. The van der Waals surface area contributed by atoms with Gasteiger partial charge in [0.25, 0.3) is 0 Å². The Hall–Kier alpha value is -1.99. The van der Waals surface area contributed by atoms with E-state index in [0.29, 0.717) is 18.2 Å². The number of benzene rings is 1. The molecule has 0 fully saturated rings. The Labute approximate surface area is 115 Å². The largest absolute Gasteiger partial charge is 0.478 e. The Bertz CT molecular complexity index is 569. The normalized spacial score (nSPS) is 12.9. The van der Waals surface area contributed by atoms with Crippen molar-refractivity contribution in [1.29, 1.82) is 0 Å². The van der Waals surface area contributed by atoms with Gasteiger partial charge in [-0.05, 0) is 29.7 Å². The third kappa shape index (κ3) is 4.24. The number of hydrogen-bond donors (Lipinski definition) is 1. The first-order valence-electron chi connectivity index (χ1n) is 5.69. The van der Waals surface area contributed by atoms with Crippen LogP contribution in [-0.4, -0.2) is 11.1 Å². The van der Waals surface area contributed by atoms with Crippen LogP contribution in [0, 0.1) is 0 Å². The van der Waals surface area contributed by atoms with E-state index in [-0.39, 0.29) is 18.1 Å². The third-order valence-electron chi connectivity index (χ3n) is 2.67. The number of hydrogen-bond acceptors (Lipinski definition) is 1. The van der Waals surface area contributed by atoms with Gasteiger partial charge in [-0.2, -0.15) is 26.3 Å². The number of halogens is 6. The van der Waals surface area contributed by atoms with E-state index in [1.54, 1.807) is 0 Å². The van der Waals surface area contributed by atoms with Crippen LogP contribution in [0.15, 0.2) is 18.2 Å². The Balaban J connectivity index is 3.61. The number of rotatable bonds is 3. The van der Waals surface area contributed by atoms with Gasteiger partial charge in [-0.1, -0.05) is 13.0 Å². The molecule has 0 aliphatic heterocycles. The highest BCUT2D eigenvalue weighted by molar-refractivity contribution is 5.85. The fourth-order valence-electron chi connectivity index (χ4n) is 1.76. The summed E-state index contributed by atoms with van der Waals surface area (Å²) in [6.45, 7) is 1.36. The molecule has 0 amide bonds. The van der Waals surface area contributed by atoms with Gasteiger partial charge in [0.2, 0.25) is 0 Å². The molecule has 116 valence electrons. The predicted octanol–water partition coefficient (Wildman–Crippen LogP) is 4.38. The van der Waals surface area contributed by atoms with Crippen molar-refractivity contribution in [1.82, 2.24) is 0 Å². The lowest BCUT2D eigenvalue weighted by Crippen LogP contribution is -2.15. The summed E-state index contributed by atoms with van der Waals surface area (Å²) in [6.07, 6.45) is -9.01. The SMILES string of the molecule is CCc1cc(/C=C/C(=O)O)c(C(F)(F)F)cc1C(F)(F)F. The first kappa shape index (κ1) is 17.1. The molecule has 0 bridgehead atoms. The molecule has 0 spiro atoms. The summed E-state index contributed by atoms with van der Waals surface area (Å²) in [7, 11) is 0. The van der Waals surface area contributed by atoms with Crippen molar-refractivity contribution in [3.63, 3.8) is 0 Å². The van der Waals surface area contributed by atoms with Gasteiger partial charge in [0.15, 0.2) is 0 Å². The first-order valence-corrected chi connectivity index (χ1v) is 5.69. The second kappa shape index (κ2) is 5.79. The van der Waals surface area contributed by atoms with Gasteiger partial charge in [-0.15, -0.1) is 0 Å². The van der Waals surface area contributed by atoms with Crippen LogP contribution in [0.4, 0.5) is 26.3 Å². The van der Waals surface area contributed by atoms with Crippen LogP contribution < -0.4 is 0 Å². The first-order chi connectivity index (χ1) is 9.46. The average molecular weight is 312 g/mol. The van der Waals surface area contributed by atoms with Gasteiger partial charge >= 0.3 is 18.3 Å². The zero-order valence-corrected chi connectivity index (χ0v) is 10.6. The highest BCUT2D eigenvalue weighted by Crippen LogP contribution is 2.39. The van der Waals surface area contributed by atoms with Crippen LogP contribution in [-0.2, 0) is 23.6 Å². The van der Waals surface area contributed by atoms with E-state index in [0.717, 1.165) is 0 Å². The maximum Gasteiger partial charge on any atom is 0.417 e. The molecule has 0 unspecified atom stereocenters. The lowest BCUT2D eigenvalue weighted by Gasteiger charge is -2.17. The summed E-state index contributed by atoms with van der Waals surface area (Å²) >= 11 is 0. The van der Waals surface area contributed by atoms with Gasteiger partial charge in [0.05, 0.1) is 11.1 Å². The molecule has 0 aliphatic rings. The zero-order chi connectivity index (χ0) is 16.4. The molecule has 0 aromatic heterocycles. The van der Waals surface area contributed by atoms with Gasteiger partial charge in [-0.25, -0.2) is 4.79 Å². The van der Waals surface area contributed by atoms with Crippen molar-refractivity contribution in [2.75, 3.05) is 0 Å². The molecule has 1 rings (SSSR count). The summed E-state index contributed by atoms with van der Waals surface area (Å²) in [5.41, 5.74) is -3.84. The van der Waals surface area contributed by atoms with Crippen molar-refractivity contribution >= 4 is 12.0 Å². The Morgan fingerprint density at radius 3 is 2.00 bits per heavy atom. The zero-order valence-electron chi connectivity index (χ0n) is 10.6. The van der Waals surface area contributed by atoms with Crippen molar-refractivity contribution in [2.24, 2.45) is 0 Å². The molecule has 0 saturated carbocycles. The number of carboxylic acid groups (broad SMARTS) is 1. The van der Waals surface area contributed by atoms with Gasteiger partial charge in [0.1, 0.15) is 0 Å². The van der Waals surface area contributed by atoms with E-state index in [9.17, 15) is 31.1 Å². The van der Waals surface area contributed by atoms with Crippen molar-refractivity contribution < 1.29 is 36.2 Å². The van der Waals surface area contributed by atoms with E-state index < -0.39 is 35.0 Å². The van der Waals surface area contributed by atoms with Crippen molar-refractivity contribution in [3.05, 3.63) is 40.5 Å². The van der Waals surface area contributed by atoms with Gasteiger partial charge < -0.3 is 5.11 Å². The summed E-state index contributed by atoms with van der Waals surface area (Å²) in [6, 6.07) is 0.728. The minimum absolute atomic E-state index is 0.0142. The van der Waals surface area contributed by atoms with Gasteiger partial charge in [-0.3, -0.25) is 0 Å². The minimum atomic E-state index is -5.02. The molecule has 1 aromatic carbocycles. The fourth-order valence-corrected chi connectivity index (χ4v) is 1.76. The molecule has 0 radical (unpaired) electrons. The number of aliphatic carboxylic acids is 1. The molecule has 8 heteroatoms. The van der Waals surface area contributed by atoms with E-state index >= 15 is 0 Å². The van der Waals surface area contributed by atoms with E-state index in [1.807, 2.05) is 0 Å². The lowest BCUT2D eigenvalue weighted by molar-refractivity contribution is -0.143. The van der Waals surface area contributed by atoms with E-state index in [1.165, 1.54) is 6.92 Å². The monoisotopic (exact) mass is 312 g/mol. The standard InChI is InChI=1S/C13H10F6O2/c1-2-7-5-8(3-4-11(20)21)10(13(17,18)19)6-9(7)12(14,15)16/h3-6H,2H2,1H3,(H,20,21)/b4-3+. The predicted molar refractivity (Wildman–Crippen MR) is 62.5 cm³/mol. The molecule has 0 heterocycles. The Morgan fingerprint density at radius 2 is 1.62 bits per heavy atom. The van der Waals surface area contributed by atoms with Crippen molar-refractivity contribution in [3.8, 4) is 0 Å². The molecule has 0 atom stereocenters. The molecular formula is C13H10F6O2. The van der Waals surface area contributed by atoms with Crippen molar-refractivity contribution in [2.45, 2.75) is 25.7 Å². The maximum atomic E-state index is 12.8. The topological polar surface area (TPSA) is 37.3 Å².